The predicted octanol–water partition coefficient (Wildman–Crippen LogP) is 0.745. The van der Waals surface area contributed by atoms with Gasteiger partial charge in [0.15, 0.2) is 11.6 Å². The zero-order chi connectivity index (χ0) is 16.2. The van der Waals surface area contributed by atoms with E-state index in [9.17, 15) is 17.6 Å². The second-order valence-electron chi connectivity index (χ2n) is 5.10. The average Bonchev–Trinajstić information content (AvgIpc) is 2.94. The van der Waals surface area contributed by atoms with Crippen molar-refractivity contribution in [3.63, 3.8) is 0 Å². The molecule has 0 unspecified atom stereocenters. The fourth-order valence-corrected chi connectivity index (χ4v) is 3.54. The van der Waals surface area contributed by atoms with Crippen molar-refractivity contribution in [1.82, 2.24) is 9.62 Å². The Morgan fingerprint density at radius 1 is 1.45 bits per heavy atom. The molecule has 0 aromatic heterocycles. The van der Waals surface area contributed by atoms with E-state index in [1.54, 1.807) is 12.1 Å². The van der Waals surface area contributed by atoms with Crippen molar-refractivity contribution in [2.45, 2.75) is 18.9 Å². The lowest BCUT2D eigenvalue weighted by atomic mass is 10.2. The first-order valence-corrected chi connectivity index (χ1v) is 8.86. The Hall–Kier alpha value is -1.67. The lowest BCUT2D eigenvalue weighted by Crippen LogP contribution is -2.46. The lowest BCUT2D eigenvalue weighted by Gasteiger charge is -2.21. The number of carbonyl (C=O) groups excluding carboxylic acids is 1. The summed E-state index contributed by atoms with van der Waals surface area (Å²) in [6.45, 7) is 0.655. The van der Waals surface area contributed by atoms with Crippen LogP contribution in [0.4, 0.5) is 4.39 Å². The van der Waals surface area contributed by atoms with Crippen molar-refractivity contribution in [2.24, 2.45) is 0 Å². The largest absolute Gasteiger partial charge is 0.489 e. The van der Waals surface area contributed by atoms with Gasteiger partial charge in [0, 0.05) is 6.54 Å². The molecule has 22 heavy (non-hydrogen) atoms. The monoisotopic (exact) mass is 330 g/mol. The summed E-state index contributed by atoms with van der Waals surface area (Å²) in [4.78, 5) is 12.0. The third-order valence-corrected chi connectivity index (χ3v) is 4.72. The highest BCUT2D eigenvalue weighted by Crippen LogP contribution is 2.20. The van der Waals surface area contributed by atoms with Gasteiger partial charge in [-0.15, -0.1) is 0 Å². The van der Waals surface area contributed by atoms with Crippen LogP contribution in [0.2, 0.25) is 0 Å². The first-order chi connectivity index (χ1) is 10.4. The third-order valence-electron chi connectivity index (χ3n) is 3.43. The van der Waals surface area contributed by atoms with Crippen LogP contribution < -0.4 is 10.1 Å². The van der Waals surface area contributed by atoms with Gasteiger partial charge < -0.3 is 10.1 Å². The molecule has 1 saturated heterocycles. The molecule has 1 aromatic rings. The number of carbonyl (C=O) groups is 1. The summed E-state index contributed by atoms with van der Waals surface area (Å²) in [5.74, 6) is -0.691. The van der Waals surface area contributed by atoms with E-state index >= 15 is 0 Å². The standard InChI is InChI=1S/C14H19FN2O4S/c1-22(19,20)17-9-4-6-12(17)14(18)16-8-10-21-13-7-3-2-5-11(13)15/h2-3,5,7,12H,4,6,8-10H2,1H3,(H,16,18)/t12-/m1/s1. The van der Waals surface area contributed by atoms with E-state index in [0.717, 1.165) is 6.26 Å². The maximum absolute atomic E-state index is 13.3. The highest BCUT2D eigenvalue weighted by molar-refractivity contribution is 7.88. The van der Waals surface area contributed by atoms with Crippen molar-refractivity contribution in [3.8, 4) is 5.75 Å². The number of benzene rings is 1. The minimum Gasteiger partial charge on any atom is -0.489 e. The first kappa shape index (κ1) is 16.7. The summed E-state index contributed by atoms with van der Waals surface area (Å²) < 4.78 is 42.9. The number of hydrogen-bond acceptors (Lipinski definition) is 4. The van der Waals surface area contributed by atoms with Crippen LogP contribution in [0.25, 0.3) is 0 Å². The van der Waals surface area contributed by atoms with Crippen LogP contribution in [-0.4, -0.2) is 50.6 Å². The smallest absolute Gasteiger partial charge is 0.238 e. The Labute approximate surface area is 129 Å². The maximum Gasteiger partial charge on any atom is 0.238 e. The van der Waals surface area contributed by atoms with Crippen molar-refractivity contribution < 1.29 is 22.3 Å². The van der Waals surface area contributed by atoms with Gasteiger partial charge in [-0.3, -0.25) is 4.79 Å². The number of sulfonamides is 1. The van der Waals surface area contributed by atoms with Gasteiger partial charge in [-0.05, 0) is 25.0 Å². The minimum absolute atomic E-state index is 0.109. The van der Waals surface area contributed by atoms with E-state index in [0.29, 0.717) is 19.4 Å². The fraction of sp³-hybridized carbons (Fsp3) is 0.500. The molecule has 6 nitrogen and oxygen atoms in total. The molecule has 0 bridgehead atoms. The summed E-state index contributed by atoms with van der Waals surface area (Å²) in [6, 6.07) is 5.34. The number of nitrogens with zero attached hydrogens (tertiary/aromatic N) is 1. The quantitative estimate of drug-likeness (QED) is 0.781. The third kappa shape index (κ3) is 4.17. The van der Waals surface area contributed by atoms with Gasteiger partial charge in [-0.2, -0.15) is 4.31 Å². The summed E-state index contributed by atoms with van der Waals surface area (Å²) >= 11 is 0. The van der Waals surface area contributed by atoms with Gasteiger partial charge in [0.25, 0.3) is 0 Å². The Morgan fingerprint density at radius 3 is 2.86 bits per heavy atom. The lowest BCUT2D eigenvalue weighted by molar-refractivity contribution is -0.124. The highest BCUT2D eigenvalue weighted by Gasteiger charge is 2.36. The minimum atomic E-state index is -3.38. The predicted molar refractivity (Wildman–Crippen MR) is 79.5 cm³/mol. The molecule has 1 amide bonds. The second kappa shape index (κ2) is 7.06. The molecule has 1 fully saturated rings. The number of amides is 1. The number of hydrogen-bond donors (Lipinski definition) is 1. The van der Waals surface area contributed by atoms with Gasteiger partial charge in [0.2, 0.25) is 15.9 Å². The van der Waals surface area contributed by atoms with Crippen LogP contribution in [0.15, 0.2) is 24.3 Å². The molecular formula is C14H19FN2O4S. The molecule has 0 radical (unpaired) electrons. The van der Waals surface area contributed by atoms with Crippen molar-refractivity contribution in [2.75, 3.05) is 26.0 Å². The Morgan fingerprint density at radius 2 is 2.18 bits per heavy atom. The van der Waals surface area contributed by atoms with Crippen LogP contribution >= 0.6 is 0 Å². The summed E-state index contributed by atoms with van der Waals surface area (Å²) in [5.41, 5.74) is 0. The number of rotatable bonds is 6. The molecule has 0 spiro atoms. The molecular weight excluding hydrogens is 311 g/mol. The van der Waals surface area contributed by atoms with E-state index in [4.69, 9.17) is 4.74 Å². The molecule has 1 N–H and O–H groups in total. The molecule has 0 aliphatic carbocycles. The highest BCUT2D eigenvalue weighted by atomic mass is 32.2. The van der Waals surface area contributed by atoms with E-state index < -0.39 is 21.9 Å². The molecule has 122 valence electrons. The van der Waals surface area contributed by atoms with Gasteiger partial charge in [-0.25, -0.2) is 12.8 Å². The number of nitrogens with one attached hydrogen (secondary N) is 1. The molecule has 0 saturated carbocycles. The molecule has 1 aliphatic heterocycles. The van der Waals surface area contributed by atoms with Crippen LogP contribution in [0, 0.1) is 5.82 Å². The summed E-state index contributed by atoms with van der Waals surface area (Å²) in [7, 11) is -3.38. The number of ether oxygens (including phenoxy) is 1. The Bertz CT molecular complexity index is 635. The van der Waals surface area contributed by atoms with E-state index in [1.165, 1.54) is 16.4 Å². The number of halogens is 1. The van der Waals surface area contributed by atoms with Crippen molar-refractivity contribution in [1.29, 1.82) is 0 Å². The molecule has 8 heteroatoms. The van der Waals surface area contributed by atoms with E-state index in [-0.39, 0.29) is 24.8 Å². The van der Waals surface area contributed by atoms with Crippen LogP contribution in [0.5, 0.6) is 5.75 Å². The fourth-order valence-electron chi connectivity index (χ4n) is 2.41. The topological polar surface area (TPSA) is 75.7 Å². The van der Waals surface area contributed by atoms with Crippen molar-refractivity contribution >= 4 is 15.9 Å². The first-order valence-electron chi connectivity index (χ1n) is 7.01. The number of para-hydroxylation sites is 1. The molecule has 1 aromatic carbocycles. The van der Waals surface area contributed by atoms with E-state index in [2.05, 4.69) is 5.32 Å². The van der Waals surface area contributed by atoms with Crippen LogP contribution in [-0.2, 0) is 14.8 Å². The van der Waals surface area contributed by atoms with Gasteiger partial charge >= 0.3 is 0 Å². The van der Waals surface area contributed by atoms with Crippen LogP contribution in [0.3, 0.4) is 0 Å². The molecule has 1 atom stereocenters. The van der Waals surface area contributed by atoms with Crippen LogP contribution in [0.1, 0.15) is 12.8 Å². The zero-order valence-electron chi connectivity index (χ0n) is 12.3. The molecule has 1 aliphatic rings. The SMILES string of the molecule is CS(=O)(=O)N1CCC[C@@H]1C(=O)NCCOc1ccccc1F. The molecule has 1 heterocycles. The zero-order valence-corrected chi connectivity index (χ0v) is 13.1. The normalized spacial score (nSPS) is 19.1. The second-order valence-corrected chi connectivity index (χ2v) is 7.04. The van der Waals surface area contributed by atoms with E-state index in [1.807, 2.05) is 0 Å². The average molecular weight is 330 g/mol. The molecule has 2 rings (SSSR count). The summed E-state index contributed by atoms with van der Waals surface area (Å²) in [5, 5.41) is 2.62. The van der Waals surface area contributed by atoms with Gasteiger partial charge in [-0.1, -0.05) is 12.1 Å². The summed E-state index contributed by atoms with van der Waals surface area (Å²) in [6.07, 6.45) is 2.27. The van der Waals surface area contributed by atoms with Gasteiger partial charge in [0.1, 0.15) is 12.6 Å². The van der Waals surface area contributed by atoms with Crippen molar-refractivity contribution in [3.05, 3.63) is 30.1 Å². The van der Waals surface area contributed by atoms with Gasteiger partial charge in [0.05, 0.1) is 12.8 Å². The Kier molecular flexibility index (Phi) is 5.36. The Balaban J connectivity index is 1.80. The maximum atomic E-state index is 13.3.